The molecule has 0 radical (unpaired) electrons. The van der Waals surface area contributed by atoms with E-state index in [4.69, 9.17) is 16.3 Å². The van der Waals surface area contributed by atoms with Gasteiger partial charge in [-0.05, 0) is 41.1 Å². The number of carbonyl (C=O) groups is 1. The number of hydrogen-bond donors (Lipinski definition) is 0. The number of halogens is 3. The lowest BCUT2D eigenvalue weighted by Gasteiger charge is -2.11. The number of carbonyl (C=O) groups excluding carboxylic acids is 1. The largest absolute Gasteiger partial charge is 0.455 e. The second kappa shape index (κ2) is 5.72. The van der Waals surface area contributed by atoms with Crippen LogP contribution in [-0.2, 0) is 0 Å². The van der Waals surface area contributed by atoms with Crippen LogP contribution in [0.2, 0.25) is 5.02 Å². The first-order chi connectivity index (χ1) is 8.99. The van der Waals surface area contributed by atoms with Gasteiger partial charge in [-0.25, -0.2) is 4.39 Å². The number of hydrogen-bond acceptors (Lipinski definition) is 2. The minimum Gasteiger partial charge on any atom is -0.455 e. The van der Waals surface area contributed by atoms with Crippen molar-refractivity contribution in [3.8, 4) is 11.5 Å². The van der Waals surface area contributed by atoms with Crippen molar-refractivity contribution in [3.63, 3.8) is 0 Å². The summed E-state index contributed by atoms with van der Waals surface area (Å²) in [6, 6.07) is 9.35. The van der Waals surface area contributed by atoms with Crippen LogP contribution in [0.1, 0.15) is 17.3 Å². The maximum absolute atomic E-state index is 13.4. The lowest BCUT2D eigenvalue weighted by molar-refractivity contribution is 0.101. The molecule has 19 heavy (non-hydrogen) atoms. The van der Waals surface area contributed by atoms with Crippen LogP contribution in [0.3, 0.4) is 0 Å². The van der Waals surface area contributed by atoms with Gasteiger partial charge in [0.2, 0.25) is 0 Å². The number of ether oxygens (including phenoxy) is 1. The Morgan fingerprint density at radius 1 is 1.26 bits per heavy atom. The minimum absolute atomic E-state index is 0.000854. The highest BCUT2D eigenvalue weighted by atomic mass is 79.9. The van der Waals surface area contributed by atoms with Gasteiger partial charge in [0.1, 0.15) is 17.3 Å². The third-order valence-electron chi connectivity index (χ3n) is 2.46. The van der Waals surface area contributed by atoms with Gasteiger partial charge in [0.25, 0.3) is 0 Å². The first-order valence-corrected chi connectivity index (χ1v) is 6.58. The molecule has 0 amide bonds. The quantitative estimate of drug-likeness (QED) is 0.563. The average Bonchev–Trinajstić information content (AvgIpc) is 2.36. The fraction of sp³-hybridized carbons (Fsp3) is 0.0714. The zero-order chi connectivity index (χ0) is 14.0. The van der Waals surface area contributed by atoms with Crippen molar-refractivity contribution in [1.82, 2.24) is 0 Å². The highest BCUT2D eigenvalue weighted by molar-refractivity contribution is 9.10. The molecule has 0 saturated heterocycles. The summed E-state index contributed by atoms with van der Waals surface area (Å²) in [7, 11) is 0. The lowest BCUT2D eigenvalue weighted by Crippen LogP contribution is -1.97. The van der Waals surface area contributed by atoms with E-state index in [1.165, 1.54) is 19.1 Å². The third-order valence-corrected chi connectivity index (χ3v) is 3.37. The van der Waals surface area contributed by atoms with E-state index in [-0.39, 0.29) is 16.6 Å². The molecule has 5 heteroatoms. The summed E-state index contributed by atoms with van der Waals surface area (Å²) in [5.74, 6) is -0.0747. The standard InChI is InChI=1S/C14H9BrClFO2/c1-8(18)9-4-2-3-5-13(9)19-14-7-12(17)11(16)6-10(14)15/h2-7H,1H3. The topological polar surface area (TPSA) is 26.3 Å². The average molecular weight is 344 g/mol. The van der Waals surface area contributed by atoms with Gasteiger partial charge in [-0.3, -0.25) is 4.79 Å². The Morgan fingerprint density at radius 3 is 2.63 bits per heavy atom. The van der Waals surface area contributed by atoms with Gasteiger partial charge >= 0.3 is 0 Å². The van der Waals surface area contributed by atoms with E-state index in [0.717, 1.165) is 0 Å². The van der Waals surface area contributed by atoms with Crippen LogP contribution in [0.25, 0.3) is 0 Å². The Balaban J connectivity index is 2.42. The van der Waals surface area contributed by atoms with Crippen LogP contribution >= 0.6 is 27.5 Å². The minimum atomic E-state index is -0.583. The fourth-order valence-electron chi connectivity index (χ4n) is 1.55. The fourth-order valence-corrected chi connectivity index (χ4v) is 2.27. The van der Waals surface area contributed by atoms with Crippen LogP contribution in [0.4, 0.5) is 4.39 Å². The zero-order valence-corrected chi connectivity index (χ0v) is 12.3. The lowest BCUT2D eigenvalue weighted by atomic mass is 10.1. The zero-order valence-electron chi connectivity index (χ0n) is 9.91. The van der Waals surface area contributed by atoms with Crippen LogP contribution < -0.4 is 4.74 Å². The van der Waals surface area contributed by atoms with Gasteiger partial charge in [0.15, 0.2) is 5.78 Å². The molecule has 0 aromatic heterocycles. The van der Waals surface area contributed by atoms with E-state index in [1.807, 2.05) is 0 Å². The van der Waals surface area contributed by atoms with Crippen molar-refractivity contribution in [1.29, 1.82) is 0 Å². The molecule has 0 aliphatic carbocycles. The van der Waals surface area contributed by atoms with E-state index in [2.05, 4.69) is 15.9 Å². The van der Waals surface area contributed by atoms with Crippen molar-refractivity contribution in [3.05, 3.63) is 57.3 Å². The predicted molar refractivity (Wildman–Crippen MR) is 75.6 cm³/mol. The molecular weight excluding hydrogens is 335 g/mol. The maximum Gasteiger partial charge on any atom is 0.163 e. The highest BCUT2D eigenvalue weighted by Gasteiger charge is 2.12. The number of ketones is 1. The van der Waals surface area contributed by atoms with Crippen molar-refractivity contribution in [2.45, 2.75) is 6.92 Å². The van der Waals surface area contributed by atoms with Crippen LogP contribution in [0.15, 0.2) is 40.9 Å². The molecule has 0 aliphatic heterocycles. The Labute approximate surface area is 123 Å². The number of Topliss-reactive ketones (excluding diaryl/α,β-unsaturated/α-hetero) is 1. The van der Waals surface area contributed by atoms with Gasteiger partial charge in [0.05, 0.1) is 15.1 Å². The SMILES string of the molecule is CC(=O)c1ccccc1Oc1cc(F)c(Cl)cc1Br. The smallest absolute Gasteiger partial charge is 0.163 e. The summed E-state index contributed by atoms with van der Waals surface area (Å²) < 4.78 is 19.5. The Morgan fingerprint density at radius 2 is 1.95 bits per heavy atom. The van der Waals surface area contributed by atoms with Gasteiger partial charge in [0, 0.05) is 6.07 Å². The molecule has 0 fully saturated rings. The number of benzene rings is 2. The molecule has 98 valence electrons. The molecule has 2 rings (SSSR count). The van der Waals surface area contributed by atoms with Crippen molar-refractivity contribution >= 4 is 33.3 Å². The monoisotopic (exact) mass is 342 g/mol. The summed E-state index contributed by atoms with van der Waals surface area (Å²) in [6.45, 7) is 1.44. The van der Waals surface area contributed by atoms with Crippen LogP contribution in [-0.4, -0.2) is 5.78 Å². The van der Waals surface area contributed by atoms with Crippen LogP contribution in [0.5, 0.6) is 11.5 Å². The second-order valence-electron chi connectivity index (χ2n) is 3.85. The predicted octanol–water partition coefficient (Wildman–Crippen LogP) is 5.24. The normalized spacial score (nSPS) is 10.3. The molecule has 0 saturated carbocycles. The third kappa shape index (κ3) is 3.14. The molecule has 2 aromatic rings. The van der Waals surface area contributed by atoms with Gasteiger partial charge < -0.3 is 4.74 Å². The van der Waals surface area contributed by atoms with Gasteiger partial charge in [-0.2, -0.15) is 0 Å². The van der Waals surface area contributed by atoms with E-state index in [0.29, 0.717) is 15.8 Å². The molecule has 2 aromatic carbocycles. The maximum atomic E-state index is 13.4. The number of para-hydroxylation sites is 1. The molecule has 0 aliphatic rings. The molecule has 2 nitrogen and oxygen atoms in total. The molecule has 0 N–H and O–H groups in total. The summed E-state index contributed by atoms with van der Waals surface area (Å²) in [5.41, 5.74) is 0.435. The first kappa shape index (κ1) is 14.0. The molecule has 0 heterocycles. The van der Waals surface area contributed by atoms with Crippen LogP contribution in [0, 0.1) is 5.82 Å². The van der Waals surface area contributed by atoms with Crippen molar-refractivity contribution in [2.75, 3.05) is 0 Å². The summed E-state index contributed by atoms with van der Waals surface area (Å²) in [5, 5.41) is -0.000854. The highest BCUT2D eigenvalue weighted by Crippen LogP contribution is 2.34. The Hall–Kier alpha value is -1.39. The summed E-state index contributed by atoms with van der Waals surface area (Å²) in [4.78, 5) is 11.5. The first-order valence-electron chi connectivity index (χ1n) is 5.41. The van der Waals surface area contributed by atoms with Gasteiger partial charge in [-0.15, -0.1) is 0 Å². The summed E-state index contributed by atoms with van der Waals surface area (Å²) >= 11 is 8.90. The molecular formula is C14H9BrClFO2. The Kier molecular flexibility index (Phi) is 4.22. The molecule has 0 spiro atoms. The Bertz CT molecular complexity index is 643. The van der Waals surface area contributed by atoms with Crippen molar-refractivity contribution < 1.29 is 13.9 Å². The second-order valence-corrected chi connectivity index (χ2v) is 5.11. The molecule has 0 bridgehead atoms. The van der Waals surface area contributed by atoms with Crippen molar-refractivity contribution in [2.24, 2.45) is 0 Å². The van der Waals surface area contributed by atoms with E-state index in [1.54, 1.807) is 24.3 Å². The van der Waals surface area contributed by atoms with Gasteiger partial charge in [-0.1, -0.05) is 23.7 Å². The summed E-state index contributed by atoms with van der Waals surface area (Å²) in [6.07, 6.45) is 0. The van der Waals surface area contributed by atoms with E-state index >= 15 is 0 Å². The number of rotatable bonds is 3. The molecule has 0 atom stereocenters. The molecule has 0 unspecified atom stereocenters. The van der Waals surface area contributed by atoms with E-state index < -0.39 is 5.82 Å². The van der Waals surface area contributed by atoms with E-state index in [9.17, 15) is 9.18 Å².